The molecule has 1 aromatic carbocycles. The molecule has 1 fully saturated rings. The van der Waals surface area contributed by atoms with E-state index in [0.717, 1.165) is 38.1 Å². The number of benzene rings is 1. The second kappa shape index (κ2) is 8.60. The number of tetrazole rings is 1. The zero-order chi connectivity index (χ0) is 17.5. The molecule has 1 aliphatic rings. The fourth-order valence-electron chi connectivity index (χ4n) is 3.25. The summed E-state index contributed by atoms with van der Waals surface area (Å²) in [5.41, 5.74) is 1.35. The van der Waals surface area contributed by atoms with Gasteiger partial charge >= 0.3 is 0 Å². The standard InChI is InChI=1S/C18H25N5O2/c1-2-25-17-7-5-15(6-8-17)3-4-16-9-11-22(12-10-16)18(24)13-23-14-19-20-21-23/h5-8,14,16H,2-4,9-13H2,1H3. The Morgan fingerprint density at radius 1 is 1.24 bits per heavy atom. The third-order valence-corrected chi connectivity index (χ3v) is 4.73. The number of amides is 1. The normalized spacial score (nSPS) is 15.3. The van der Waals surface area contributed by atoms with Crippen LogP contribution in [0.5, 0.6) is 5.75 Å². The monoisotopic (exact) mass is 343 g/mol. The molecule has 25 heavy (non-hydrogen) atoms. The van der Waals surface area contributed by atoms with Gasteiger partial charge in [0.05, 0.1) is 6.61 Å². The minimum absolute atomic E-state index is 0.0947. The molecule has 7 heteroatoms. The Hall–Kier alpha value is -2.44. The summed E-state index contributed by atoms with van der Waals surface area (Å²) >= 11 is 0. The van der Waals surface area contributed by atoms with Gasteiger partial charge in [-0.2, -0.15) is 0 Å². The number of likely N-dealkylation sites (tertiary alicyclic amines) is 1. The van der Waals surface area contributed by atoms with E-state index < -0.39 is 0 Å². The molecule has 134 valence electrons. The highest BCUT2D eigenvalue weighted by Gasteiger charge is 2.22. The zero-order valence-corrected chi connectivity index (χ0v) is 14.7. The highest BCUT2D eigenvalue weighted by Crippen LogP contribution is 2.23. The summed E-state index contributed by atoms with van der Waals surface area (Å²) in [5, 5.41) is 10.9. The lowest BCUT2D eigenvalue weighted by atomic mass is 9.90. The van der Waals surface area contributed by atoms with Crippen molar-refractivity contribution >= 4 is 5.91 Å². The SMILES string of the molecule is CCOc1ccc(CCC2CCN(C(=O)Cn3cnnn3)CC2)cc1. The Morgan fingerprint density at radius 3 is 2.64 bits per heavy atom. The highest BCUT2D eigenvalue weighted by atomic mass is 16.5. The Bertz CT molecular complexity index is 649. The molecule has 0 bridgehead atoms. The molecule has 0 spiro atoms. The quantitative estimate of drug-likeness (QED) is 0.768. The maximum Gasteiger partial charge on any atom is 0.244 e. The predicted molar refractivity (Wildman–Crippen MR) is 93.1 cm³/mol. The molecule has 2 aromatic rings. The van der Waals surface area contributed by atoms with Gasteiger partial charge in [0.2, 0.25) is 5.91 Å². The number of rotatable bonds is 7. The molecule has 1 aliphatic heterocycles. The van der Waals surface area contributed by atoms with Crippen molar-refractivity contribution in [2.45, 2.75) is 39.2 Å². The number of aryl methyl sites for hydroxylation is 1. The summed E-state index contributed by atoms with van der Waals surface area (Å²) in [6.45, 7) is 4.57. The number of hydrogen-bond donors (Lipinski definition) is 0. The number of piperidine rings is 1. The first kappa shape index (κ1) is 17.4. The Labute approximate surface area is 148 Å². The van der Waals surface area contributed by atoms with Crippen molar-refractivity contribution in [3.8, 4) is 5.75 Å². The maximum atomic E-state index is 12.2. The lowest BCUT2D eigenvalue weighted by Gasteiger charge is -2.32. The van der Waals surface area contributed by atoms with E-state index in [-0.39, 0.29) is 12.5 Å². The summed E-state index contributed by atoms with van der Waals surface area (Å²) in [6, 6.07) is 8.38. The summed E-state index contributed by atoms with van der Waals surface area (Å²) in [4.78, 5) is 14.2. The first-order valence-electron chi connectivity index (χ1n) is 8.95. The number of carbonyl (C=O) groups is 1. The van der Waals surface area contributed by atoms with Crippen molar-refractivity contribution in [1.29, 1.82) is 0 Å². The molecule has 0 N–H and O–H groups in total. The van der Waals surface area contributed by atoms with Crippen molar-refractivity contribution in [3.63, 3.8) is 0 Å². The van der Waals surface area contributed by atoms with Crippen LogP contribution < -0.4 is 4.74 Å². The smallest absolute Gasteiger partial charge is 0.244 e. The summed E-state index contributed by atoms with van der Waals surface area (Å²) in [7, 11) is 0. The number of nitrogens with zero attached hydrogens (tertiary/aromatic N) is 5. The van der Waals surface area contributed by atoms with E-state index in [4.69, 9.17) is 4.74 Å². The van der Waals surface area contributed by atoms with Crippen LogP contribution in [0.1, 0.15) is 31.7 Å². The van der Waals surface area contributed by atoms with Crippen LogP contribution in [-0.2, 0) is 17.8 Å². The Balaban J connectivity index is 1.39. The lowest BCUT2D eigenvalue weighted by molar-refractivity contribution is -0.133. The topological polar surface area (TPSA) is 73.1 Å². The van der Waals surface area contributed by atoms with Gasteiger partial charge in [-0.1, -0.05) is 12.1 Å². The molecule has 7 nitrogen and oxygen atoms in total. The van der Waals surface area contributed by atoms with Crippen LogP contribution >= 0.6 is 0 Å². The van der Waals surface area contributed by atoms with E-state index in [1.54, 1.807) is 0 Å². The number of aromatic nitrogens is 4. The van der Waals surface area contributed by atoms with E-state index >= 15 is 0 Å². The van der Waals surface area contributed by atoms with Crippen molar-refractivity contribution in [3.05, 3.63) is 36.2 Å². The molecule has 0 atom stereocenters. The molecule has 1 amide bonds. The first-order chi connectivity index (χ1) is 12.2. The van der Waals surface area contributed by atoms with Gasteiger partial charge < -0.3 is 9.64 Å². The fraction of sp³-hybridized carbons (Fsp3) is 0.556. The first-order valence-corrected chi connectivity index (χ1v) is 8.95. The molecule has 0 saturated carbocycles. The van der Waals surface area contributed by atoms with Gasteiger partial charge in [0.25, 0.3) is 0 Å². The molecule has 1 aromatic heterocycles. The minimum Gasteiger partial charge on any atom is -0.494 e. The molecule has 3 rings (SSSR count). The third-order valence-electron chi connectivity index (χ3n) is 4.73. The molecule has 0 aliphatic carbocycles. The van der Waals surface area contributed by atoms with Crippen LogP contribution in [0.2, 0.25) is 0 Å². The lowest BCUT2D eigenvalue weighted by Crippen LogP contribution is -2.40. The average Bonchev–Trinajstić information content (AvgIpc) is 3.15. The number of hydrogen-bond acceptors (Lipinski definition) is 5. The summed E-state index contributed by atoms with van der Waals surface area (Å²) < 4.78 is 6.95. The van der Waals surface area contributed by atoms with E-state index in [0.29, 0.717) is 12.5 Å². The number of carbonyl (C=O) groups excluding carboxylic acids is 1. The van der Waals surface area contributed by atoms with Crippen molar-refractivity contribution in [2.75, 3.05) is 19.7 Å². The summed E-state index contributed by atoms with van der Waals surface area (Å²) in [5.74, 6) is 1.71. The molecule has 0 unspecified atom stereocenters. The van der Waals surface area contributed by atoms with E-state index in [9.17, 15) is 4.79 Å². The van der Waals surface area contributed by atoms with E-state index in [1.165, 1.54) is 23.0 Å². The van der Waals surface area contributed by atoms with Gasteiger partial charge in [-0.3, -0.25) is 4.79 Å². The second-order valence-electron chi connectivity index (χ2n) is 6.45. The average molecular weight is 343 g/mol. The number of ether oxygens (including phenoxy) is 1. The van der Waals surface area contributed by atoms with Crippen molar-refractivity contribution < 1.29 is 9.53 Å². The van der Waals surface area contributed by atoms with Gasteiger partial charge in [-0.15, -0.1) is 5.10 Å². The third kappa shape index (κ3) is 5.01. The largest absolute Gasteiger partial charge is 0.494 e. The van der Waals surface area contributed by atoms with Crippen LogP contribution in [0, 0.1) is 5.92 Å². The Kier molecular flexibility index (Phi) is 5.98. The van der Waals surface area contributed by atoms with Crippen LogP contribution in [-0.4, -0.2) is 50.7 Å². The highest BCUT2D eigenvalue weighted by molar-refractivity contribution is 5.75. The van der Waals surface area contributed by atoms with Gasteiger partial charge in [0.1, 0.15) is 18.6 Å². The molecular formula is C18H25N5O2. The summed E-state index contributed by atoms with van der Waals surface area (Å²) in [6.07, 6.45) is 5.86. The molecule has 1 saturated heterocycles. The predicted octanol–water partition coefficient (Wildman–Crippen LogP) is 1.94. The van der Waals surface area contributed by atoms with E-state index in [2.05, 4.69) is 27.7 Å². The van der Waals surface area contributed by atoms with Crippen molar-refractivity contribution in [2.24, 2.45) is 5.92 Å². The van der Waals surface area contributed by atoms with Gasteiger partial charge in [0, 0.05) is 13.1 Å². The van der Waals surface area contributed by atoms with Gasteiger partial charge in [0.15, 0.2) is 0 Å². The zero-order valence-electron chi connectivity index (χ0n) is 14.7. The van der Waals surface area contributed by atoms with Gasteiger partial charge in [-0.05, 0) is 66.6 Å². The van der Waals surface area contributed by atoms with Crippen LogP contribution in [0.3, 0.4) is 0 Å². The van der Waals surface area contributed by atoms with Crippen molar-refractivity contribution in [1.82, 2.24) is 25.1 Å². The molecular weight excluding hydrogens is 318 g/mol. The van der Waals surface area contributed by atoms with E-state index in [1.807, 2.05) is 24.0 Å². The fourth-order valence-corrected chi connectivity index (χ4v) is 3.25. The second-order valence-corrected chi connectivity index (χ2v) is 6.45. The van der Waals surface area contributed by atoms with Crippen LogP contribution in [0.25, 0.3) is 0 Å². The Morgan fingerprint density at radius 2 is 2.00 bits per heavy atom. The van der Waals surface area contributed by atoms with Gasteiger partial charge in [-0.25, -0.2) is 4.68 Å². The minimum atomic E-state index is 0.0947. The van der Waals surface area contributed by atoms with Crippen LogP contribution in [0.15, 0.2) is 30.6 Å². The maximum absolute atomic E-state index is 12.2. The molecule has 2 heterocycles. The molecule has 0 radical (unpaired) electrons. The van der Waals surface area contributed by atoms with Crippen LogP contribution in [0.4, 0.5) is 0 Å².